The number of rotatable bonds is 2. The Kier molecular flexibility index (Phi) is 2.62. The van der Waals surface area contributed by atoms with Crippen molar-refractivity contribution in [2.75, 3.05) is 6.54 Å². The molecular formula is C9H9BrN2S. The highest BCUT2D eigenvalue weighted by atomic mass is 79.9. The van der Waals surface area contributed by atoms with Crippen molar-refractivity contribution in [2.45, 2.75) is 6.42 Å². The fourth-order valence-electron chi connectivity index (χ4n) is 1.18. The fourth-order valence-corrected chi connectivity index (χ4v) is 2.49. The highest BCUT2D eigenvalue weighted by molar-refractivity contribution is 9.10. The number of hydrogen-bond donors (Lipinski definition) is 1. The van der Waals surface area contributed by atoms with Crippen LogP contribution in [0.5, 0.6) is 0 Å². The van der Waals surface area contributed by atoms with E-state index in [4.69, 9.17) is 5.73 Å². The molecule has 0 fully saturated rings. The lowest BCUT2D eigenvalue weighted by Crippen LogP contribution is -2.01. The van der Waals surface area contributed by atoms with Crippen LogP contribution in [0.25, 0.3) is 10.2 Å². The maximum Gasteiger partial charge on any atom is 0.0951 e. The number of aromatic nitrogens is 1. The Labute approximate surface area is 88.9 Å². The van der Waals surface area contributed by atoms with Crippen LogP contribution in [0.1, 0.15) is 5.01 Å². The van der Waals surface area contributed by atoms with Crippen molar-refractivity contribution < 1.29 is 0 Å². The zero-order valence-corrected chi connectivity index (χ0v) is 9.36. The number of fused-ring (bicyclic) bond motifs is 1. The van der Waals surface area contributed by atoms with E-state index < -0.39 is 0 Å². The second kappa shape index (κ2) is 3.74. The van der Waals surface area contributed by atoms with E-state index in [1.165, 1.54) is 4.70 Å². The van der Waals surface area contributed by atoms with E-state index in [1.54, 1.807) is 11.3 Å². The van der Waals surface area contributed by atoms with Gasteiger partial charge in [0.15, 0.2) is 0 Å². The molecule has 13 heavy (non-hydrogen) atoms. The van der Waals surface area contributed by atoms with E-state index in [-0.39, 0.29) is 0 Å². The molecule has 0 atom stereocenters. The highest BCUT2D eigenvalue weighted by Gasteiger charge is 2.02. The Morgan fingerprint density at radius 2 is 2.31 bits per heavy atom. The van der Waals surface area contributed by atoms with Gasteiger partial charge >= 0.3 is 0 Å². The summed E-state index contributed by atoms with van der Waals surface area (Å²) in [7, 11) is 0. The number of nitrogens with two attached hydrogens (primary N) is 1. The molecule has 0 spiro atoms. The van der Waals surface area contributed by atoms with Gasteiger partial charge in [0.1, 0.15) is 0 Å². The van der Waals surface area contributed by atoms with E-state index in [0.29, 0.717) is 6.54 Å². The van der Waals surface area contributed by atoms with Crippen LogP contribution in [-0.2, 0) is 6.42 Å². The van der Waals surface area contributed by atoms with Gasteiger partial charge < -0.3 is 5.73 Å². The van der Waals surface area contributed by atoms with E-state index >= 15 is 0 Å². The van der Waals surface area contributed by atoms with Gasteiger partial charge in [-0.2, -0.15) is 0 Å². The molecule has 1 heterocycles. The molecule has 0 unspecified atom stereocenters. The molecule has 2 rings (SSSR count). The molecule has 68 valence electrons. The minimum Gasteiger partial charge on any atom is -0.330 e. The second-order valence-corrected chi connectivity index (χ2v) is 4.79. The Hall–Kier alpha value is -0.450. The summed E-state index contributed by atoms with van der Waals surface area (Å²) in [5.74, 6) is 0. The minimum atomic E-state index is 0.668. The largest absolute Gasteiger partial charge is 0.330 e. The molecule has 1 aromatic heterocycles. The predicted octanol–water partition coefficient (Wildman–Crippen LogP) is 2.56. The molecule has 0 radical (unpaired) electrons. The molecule has 0 aliphatic carbocycles. The standard InChI is InChI=1S/C9H9BrN2S/c10-6-1-2-8-7(5-6)12-9(13-8)3-4-11/h1-2,5H,3-4,11H2. The van der Waals surface area contributed by atoms with E-state index in [9.17, 15) is 0 Å². The van der Waals surface area contributed by atoms with Crippen LogP contribution in [0.3, 0.4) is 0 Å². The lowest BCUT2D eigenvalue weighted by Gasteiger charge is -1.87. The Balaban J connectivity index is 2.49. The molecule has 0 amide bonds. The van der Waals surface area contributed by atoms with E-state index in [1.807, 2.05) is 12.1 Å². The molecular weight excluding hydrogens is 248 g/mol. The first-order valence-corrected chi connectivity index (χ1v) is 5.65. The predicted molar refractivity (Wildman–Crippen MR) is 60.1 cm³/mol. The van der Waals surface area contributed by atoms with Crippen molar-refractivity contribution in [1.82, 2.24) is 4.98 Å². The molecule has 0 saturated carbocycles. The SMILES string of the molecule is NCCc1nc2cc(Br)ccc2s1. The molecule has 4 heteroatoms. The van der Waals surface area contributed by atoms with Gasteiger partial charge in [-0.05, 0) is 24.7 Å². The zero-order chi connectivity index (χ0) is 9.26. The maximum absolute atomic E-state index is 5.47. The third-order valence-electron chi connectivity index (χ3n) is 1.75. The molecule has 2 nitrogen and oxygen atoms in total. The minimum absolute atomic E-state index is 0.668. The van der Waals surface area contributed by atoms with E-state index in [2.05, 4.69) is 27.0 Å². The third-order valence-corrected chi connectivity index (χ3v) is 3.34. The summed E-state index contributed by atoms with van der Waals surface area (Å²) in [5.41, 5.74) is 6.53. The van der Waals surface area contributed by atoms with Crippen molar-refractivity contribution in [3.8, 4) is 0 Å². The quantitative estimate of drug-likeness (QED) is 0.897. The Morgan fingerprint density at radius 3 is 3.08 bits per heavy atom. The Bertz CT molecular complexity index is 424. The van der Waals surface area contributed by atoms with E-state index in [0.717, 1.165) is 21.4 Å². The average molecular weight is 257 g/mol. The first-order valence-electron chi connectivity index (χ1n) is 4.04. The van der Waals surface area contributed by atoms with Crippen molar-refractivity contribution >= 4 is 37.5 Å². The lowest BCUT2D eigenvalue weighted by molar-refractivity contribution is 0.958. The summed E-state index contributed by atoms with van der Waals surface area (Å²) in [4.78, 5) is 4.47. The zero-order valence-electron chi connectivity index (χ0n) is 6.96. The molecule has 0 bridgehead atoms. The van der Waals surface area contributed by atoms with Gasteiger partial charge in [0.25, 0.3) is 0 Å². The first-order chi connectivity index (χ1) is 6.29. The smallest absolute Gasteiger partial charge is 0.0951 e. The van der Waals surface area contributed by atoms with Gasteiger partial charge in [-0.25, -0.2) is 4.98 Å². The summed E-state index contributed by atoms with van der Waals surface area (Å²) in [5, 5.41) is 1.12. The van der Waals surface area contributed by atoms with Crippen LogP contribution >= 0.6 is 27.3 Å². The van der Waals surface area contributed by atoms with Gasteiger partial charge in [-0.1, -0.05) is 15.9 Å². The summed E-state index contributed by atoms with van der Waals surface area (Å²) in [6.07, 6.45) is 0.872. The number of thiazole rings is 1. The van der Waals surface area contributed by atoms with Crippen LogP contribution in [0, 0.1) is 0 Å². The Morgan fingerprint density at radius 1 is 1.46 bits per heavy atom. The monoisotopic (exact) mass is 256 g/mol. The number of benzene rings is 1. The maximum atomic E-state index is 5.47. The van der Waals surface area contributed by atoms with Gasteiger partial charge in [0, 0.05) is 10.9 Å². The molecule has 2 N–H and O–H groups in total. The van der Waals surface area contributed by atoms with Crippen molar-refractivity contribution in [2.24, 2.45) is 5.73 Å². The second-order valence-electron chi connectivity index (χ2n) is 2.76. The molecule has 0 aliphatic heterocycles. The first kappa shape index (κ1) is 9.12. The molecule has 0 saturated heterocycles. The summed E-state index contributed by atoms with van der Waals surface area (Å²) in [6.45, 7) is 0.668. The van der Waals surface area contributed by atoms with Crippen LogP contribution in [0.4, 0.5) is 0 Å². The normalized spacial score (nSPS) is 10.9. The van der Waals surface area contributed by atoms with Gasteiger partial charge in [-0.15, -0.1) is 11.3 Å². The van der Waals surface area contributed by atoms with Crippen LogP contribution < -0.4 is 5.73 Å². The van der Waals surface area contributed by atoms with Gasteiger partial charge in [0.2, 0.25) is 0 Å². The number of hydrogen-bond acceptors (Lipinski definition) is 3. The summed E-state index contributed by atoms with van der Waals surface area (Å²) >= 11 is 5.14. The number of nitrogens with zero attached hydrogens (tertiary/aromatic N) is 1. The molecule has 1 aromatic carbocycles. The van der Waals surface area contributed by atoms with Crippen LogP contribution in [-0.4, -0.2) is 11.5 Å². The van der Waals surface area contributed by atoms with Crippen LogP contribution in [0.2, 0.25) is 0 Å². The van der Waals surface area contributed by atoms with Crippen molar-refractivity contribution in [3.05, 3.63) is 27.7 Å². The summed E-state index contributed by atoms with van der Waals surface area (Å²) in [6, 6.07) is 6.15. The average Bonchev–Trinajstić information content (AvgIpc) is 2.46. The molecule has 0 aliphatic rings. The lowest BCUT2D eigenvalue weighted by atomic mass is 10.3. The third kappa shape index (κ3) is 1.90. The summed E-state index contributed by atoms with van der Waals surface area (Å²) < 4.78 is 2.30. The van der Waals surface area contributed by atoms with Crippen LogP contribution in [0.15, 0.2) is 22.7 Å². The highest BCUT2D eigenvalue weighted by Crippen LogP contribution is 2.25. The molecule has 2 aromatic rings. The van der Waals surface area contributed by atoms with Crippen molar-refractivity contribution in [1.29, 1.82) is 0 Å². The number of halogens is 1. The van der Waals surface area contributed by atoms with Gasteiger partial charge in [-0.3, -0.25) is 0 Å². The topological polar surface area (TPSA) is 38.9 Å². The van der Waals surface area contributed by atoms with Gasteiger partial charge in [0.05, 0.1) is 15.2 Å². The fraction of sp³-hybridized carbons (Fsp3) is 0.222. The van der Waals surface area contributed by atoms with Crippen molar-refractivity contribution in [3.63, 3.8) is 0 Å².